The van der Waals surface area contributed by atoms with Gasteiger partial charge in [0.2, 0.25) is 0 Å². The van der Waals surface area contributed by atoms with E-state index in [1.165, 1.54) is 18.2 Å². The number of hydrogen-bond donors (Lipinski definition) is 1. The number of sulfone groups is 1. The van der Waals surface area contributed by atoms with Crippen LogP contribution in [0.15, 0.2) is 29.3 Å². The van der Waals surface area contributed by atoms with Crippen molar-refractivity contribution in [3.63, 3.8) is 0 Å². The van der Waals surface area contributed by atoms with Gasteiger partial charge in [-0.3, -0.25) is 4.79 Å². The zero-order chi connectivity index (χ0) is 18.9. The predicted octanol–water partition coefficient (Wildman–Crippen LogP) is 0.528. The minimum atomic E-state index is -3.22. The van der Waals surface area contributed by atoms with Crippen molar-refractivity contribution in [2.75, 3.05) is 29.6 Å². The average Bonchev–Trinajstić information content (AvgIpc) is 2.97. The normalized spacial score (nSPS) is 25.4. The highest BCUT2D eigenvalue weighted by atomic mass is 32.2. The van der Waals surface area contributed by atoms with E-state index in [1.807, 2.05) is 0 Å². The van der Waals surface area contributed by atoms with Crippen LogP contribution in [0.1, 0.15) is 0 Å². The van der Waals surface area contributed by atoms with Gasteiger partial charge in [0.1, 0.15) is 19.0 Å². The van der Waals surface area contributed by atoms with Crippen LogP contribution in [0.2, 0.25) is 0 Å². The average molecular weight is 402 g/mol. The van der Waals surface area contributed by atoms with Gasteiger partial charge in [-0.15, -0.1) is 0 Å². The number of carbonyl (C=O) groups excluding carboxylic acids is 1. The molecular weight excluding hydrogens is 387 g/mol. The third-order valence-corrected chi connectivity index (χ3v) is 7.03. The number of benzene rings is 1. The number of anilines is 1. The van der Waals surface area contributed by atoms with E-state index in [1.54, 1.807) is 11.0 Å². The lowest BCUT2D eigenvalue weighted by atomic mass is 10.2. The van der Waals surface area contributed by atoms with Crippen molar-refractivity contribution >= 4 is 44.3 Å². The summed E-state index contributed by atoms with van der Waals surface area (Å²) in [5, 5.41) is 8.45. The first-order valence-corrected chi connectivity index (χ1v) is 10.3. The van der Waals surface area contributed by atoms with Crippen molar-refractivity contribution in [2.24, 2.45) is 4.99 Å². The van der Waals surface area contributed by atoms with Crippen LogP contribution in [0.25, 0.3) is 0 Å². The summed E-state index contributed by atoms with van der Waals surface area (Å²) >= 11 is 1.14. The zero-order valence-electron chi connectivity index (χ0n) is 13.4. The molecule has 3 rings (SSSR count). The van der Waals surface area contributed by atoms with Gasteiger partial charge in [-0.05, 0) is 18.2 Å². The van der Waals surface area contributed by atoms with Gasteiger partial charge < -0.3 is 14.7 Å². The van der Waals surface area contributed by atoms with E-state index in [2.05, 4.69) is 4.99 Å². The standard InChI is InChI=1S/C15H15FN2O6S2/c16-9-2-1-3-10(4-9)18-11-7-26(22,23)8-12(11)25-15(18)17-13(19)5-24-6-14(20)21/h1-4,11-12H,5-8H2,(H,20,21)/t11-,12-/m1/s1. The number of amidine groups is 1. The van der Waals surface area contributed by atoms with Crippen LogP contribution >= 0.6 is 11.8 Å². The number of aliphatic imine (C=N–C) groups is 1. The van der Waals surface area contributed by atoms with E-state index in [4.69, 9.17) is 9.84 Å². The smallest absolute Gasteiger partial charge is 0.329 e. The van der Waals surface area contributed by atoms with Crippen LogP contribution < -0.4 is 4.90 Å². The summed E-state index contributed by atoms with van der Waals surface area (Å²) in [7, 11) is -3.22. The highest BCUT2D eigenvalue weighted by molar-refractivity contribution is 8.16. The monoisotopic (exact) mass is 402 g/mol. The van der Waals surface area contributed by atoms with E-state index >= 15 is 0 Å². The molecule has 0 aromatic heterocycles. The minimum Gasteiger partial charge on any atom is -0.480 e. The number of thioether (sulfide) groups is 1. The summed E-state index contributed by atoms with van der Waals surface area (Å²) in [4.78, 5) is 27.8. The van der Waals surface area contributed by atoms with Crippen LogP contribution in [0.3, 0.4) is 0 Å². The van der Waals surface area contributed by atoms with Crippen molar-refractivity contribution in [2.45, 2.75) is 11.3 Å². The molecule has 1 aromatic carbocycles. The van der Waals surface area contributed by atoms with Gasteiger partial charge in [-0.2, -0.15) is 4.99 Å². The fourth-order valence-corrected chi connectivity index (χ4v) is 6.79. The van der Waals surface area contributed by atoms with Gasteiger partial charge in [0.05, 0.1) is 17.5 Å². The summed E-state index contributed by atoms with van der Waals surface area (Å²) < 4.78 is 42.2. The third-order valence-electron chi connectivity index (χ3n) is 3.82. The number of carboxylic acids is 1. The second-order valence-electron chi connectivity index (χ2n) is 5.83. The lowest BCUT2D eigenvalue weighted by molar-refractivity contribution is -0.143. The van der Waals surface area contributed by atoms with Crippen LogP contribution in [0, 0.1) is 5.82 Å². The number of fused-ring (bicyclic) bond motifs is 1. The summed E-state index contributed by atoms with van der Waals surface area (Å²) in [6.45, 7) is -1.14. The second-order valence-corrected chi connectivity index (χ2v) is 9.19. The number of amides is 1. The van der Waals surface area contributed by atoms with E-state index in [9.17, 15) is 22.4 Å². The molecule has 0 bridgehead atoms. The molecule has 1 amide bonds. The number of carbonyl (C=O) groups is 2. The lowest BCUT2D eigenvalue weighted by Gasteiger charge is -2.24. The molecule has 0 aliphatic carbocycles. The highest BCUT2D eigenvalue weighted by Crippen LogP contribution is 2.41. The predicted molar refractivity (Wildman–Crippen MR) is 93.6 cm³/mol. The Balaban J connectivity index is 1.85. The number of aliphatic carboxylic acids is 1. The molecule has 8 nitrogen and oxygen atoms in total. The number of rotatable bonds is 5. The number of halogens is 1. The van der Waals surface area contributed by atoms with Crippen LogP contribution in [-0.4, -0.2) is 66.6 Å². The lowest BCUT2D eigenvalue weighted by Crippen LogP contribution is -2.37. The Morgan fingerprint density at radius 3 is 2.81 bits per heavy atom. The number of ether oxygens (including phenoxy) is 1. The first-order chi connectivity index (χ1) is 12.2. The topological polar surface area (TPSA) is 113 Å². The van der Waals surface area contributed by atoms with Gasteiger partial charge in [-0.25, -0.2) is 17.6 Å². The molecule has 26 heavy (non-hydrogen) atoms. The molecule has 0 unspecified atom stereocenters. The van der Waals surface area contributed by atoms with Crippen molar-refractivity contribution < 1.29 is 32.2 Å². The maximum absolute atomic E-state index is 13.6. The van der Waals surface area contributed by atoms with Crippen molar-refractivity contribution in [1.82, 2.24) is 0 Å². The molecule has 2 aliphatic heterocycles. The molecule has 1 N–H and O–H groups in total. The Morgan fingerprint density at radius 1 is 1.35 bits per heavy atom. The maximum atomic E-state index is 13.6. The maximum Gasteiger partial charge on any atom is 0.329 e. The van der Waals surface area contributed by atoms with Gasteiger partial charge in [0, 0.05) is 10.9 Å². The van der Waals surface area contributed by atoms with Crippen molar-refractivity contribution in [3.8, 4) is 0 Å². The molecule has 0 saturated carbocycles. The first-order valence-electron chi connectivity index (χ1n) is 7.58. The summed E-state index contributed by atoms with van der Waals surface area (Å²) in [6.07, 6.45) is 0. The zero-order valence-corrected chi connectivity index (χ0v) is 15.0. The van der Waals surface area contributed by atoms with Gasteiger partial charge in [-0.1, -0.05) is 17.8 Å². The van der Waals surface area contributed by atoms with E-state index < -0.39 is 46.8 Å². The molecule has 0 radical (unpaired) electrons. The third kappa shape index (κ3) is 4.22. The Kier molecular flexibility index (Phi) is 5.30. The Hall–Kier alpha value is -1.98. The van der Waals surface area contributed by atoms with Crippen LogP contribution in [-0.2, 0) is 24.2 Å². The fourth-order valence-electron chi connectivity index (χ4n) is 2.86. The summed E-state index contributed by atoms with van der Waals surface area (Å²) in [5.74, 6) is -2.55. The van der Waals surface area contributed by atoms with E-state index in [0.717, 1.165) is 11.8 Å². The Labute approximate surface area is 153 Å². The van der Waals surface area contributed by atoms with E-state index in [0.29, 0.717) is 5.69 Å². The van der Waals surface area contributed by atoms with Gasteiger partial charge in [0.25, 0.3) is 5.91 Å². The summed E-state index contributed by atoms with van der Waals surface area (Å²) in [5.41, 5.74) is 0.403. The SMILES string of the molecule is O=C(O)COCC(=O)N=C1S[C@@H]2CS(=O)(=O)C[C@H]2N1c1cccc(F)c1. The molecule has 2 heterocycles. The molecule has 11 heteroatoms. The summed E-state index contributed by atoms with van der Waals surface area (Å²) in [6, 6.07) is 5.16. The fraction of sp³-hybridized carbons (Fsp3) is 0.400. The molecule has 1 aromatic rings. The Bertz CT molecular complexity index is 873. The minimum absolute atomic E-state index is 0.0448. The van der Waals surface area contributed by atoms with Crippen molar-refractivity contribution in [3.05, 3.63) is 30.1 Å². The van der Waals surface area contributed by atoms with Crippen LogP contribution in [0.5, 0.6) is 0 Å². The van der Waals surface area contributed by atoms with E-state index in [-0.39, 0.29) is 21.9 Å². The second kappa shape index (κ2) is 7.33. The highest BCUT2D eigenvalue weighted by Gasteiger charge is 2.49. The number of hydrogen-bond acceptors (Lipinski definition) is 6. The molecular formula is C15H15FN2O6S2. The molecule has 0 spiro atoms. The molecule has 2 fully saturated rings. The largest absolute Gasteiger partial charge is 0.480 e. The molecule has 140 valence electrons. The molecule has 2 aliphatic rings. The van der Waals surface area contributed by atoms with Gasteiger partial charge in [0.15, 0.2) is 15.0 Å². The van der Waals surface area contributed by atoms with Crippen molar-refractivity contribution in [1.29, 1.82) is 0 Å². The first kappa shape index (κ1) is 18.8. The molecule has 2 saturated heterocycles. The van der Waals surface area contributed by atoms with Crippen LogP contribution in [0.4, 0.5) is 10.1 Å². The number of carboxylic acid groups (broad SMARTS) is 1. The van der Waals surface area contributed by atoms with Gasteiger partial charge >= 0.3 is 5.97 Å². The molecule has 2 atom stereocenters. The Morgan fingerprint density at radius 2 is 2.12 bits per heavy atom. The number of nitrogens with zero attached hydrogens (tertiary/aromatic N) is 2. The quantitative estimate of drug-likeness (QED) is 0.759.